The lowest BCUT2D eigenvalue weighted by Gasteiger charge is -2.16. The zero-order valence-electron chi connectivity index (χ0n) is 15.9. The first kappa shape index (κ1) is 18.6. The van der Waals surface area contributed by atoms with E-state index in [-0.39, 0.29) is 12.4 Å². The Bertz CT molecular complexity index is 1020. The third kappa shape index (κ3) is 3.53. The summed E-state index contributed by atoms with van der Waals surface area (Å²) in [5.41, 5.74) is 10.8. The van der Waals surface area contributed by atoms with Crippen molar-refractivity contribution in [3.63, 3.8) is 0 Å². The maximum absolute atomic E-state index is 12.0. The zero-order chi connectivity index (χ0) is 19.6. The highest BCUT2D eigenvalue weighted by Crippen LogP contribution is 2.36. The molecule has 0 aliphatic rings. The number of esters is 1. The van der Waals surface area contributed by atoms with Gasteiger partial charge in [-0.25, -0.2) is 15.0 Å². The lowest BCUT2D eigenvalue weighted by atomic mass is 9.96. The molecule has 7 heteroatoms. The number of carbonyl (C=O) groups is 1. The molecule has 0 aliphatic heterocycles. The summed E-state index contributed by atoms with van der Waals surface area (Å²) in [5, 5.41) is 0.656. The number of hydrogen-bond donors (Lipinski definition) is 1. The predicted octanol–water partition coefficient (Wildman–Crippen LogP) is 3.01. The molecule has 1 aromatic carbocycles. The van der Waals surface area contributed by atoms with E-state index in [9.17, 15) is 4.79 Å². The zero-order valence-corrected chi connectivity index (χ0v) is 15.9. The minimum atomic E-state index is -0.343. The molecule has 0 saturated carbocycles. The van der Waals surface area contributed by atoms with E-state index in [1.165, 1.54) is 6.33 Å². The minimum Gasteiger partial charge on any atom is -0.496 e. The van der Waals surface area contributed by atoms with E-state index < -0.39 is 0 Å². The van der Waals surface area contributed by atoms with Crippen molar-refractivity contribution in [1.29, 1.82) is 0 Å². The molecule has 3 aromatic rings. The summed E-state index contributed by atoms with van der Waals surface area (Å²) in [5.74, 6) is 0.750. The molecule has 2 aromatic heterocycles. The van der Waals surface area contributed by atoms with Crippen molar-refractivity contribution in [1.82, 2.24) is 15.0 Å². The molecule has 0 atom stereocenters. The number of aromatic nitrogens is 3. The van der Waals surface area contributed by atoms with Gasteiger partial charge in [0.05, 0.1) is 31.5 Å². The number of nitrogens with zero attached hydrogens (tertiary/aromatic N) is 3. The molecule has 2 heterocycles. The van der Waals surface area contributed by atoms with E-state index in [2.05, 4.69) is 9.97 Å². The van der Waals surface area contributed by atoms with Gasteiger partial charge in [-0.05, 0) is 38.5 Å². The van der Waals surface area contributed by atoms with Crippen LogP contribution in [0.15, 0.2) is 24.5 Å². The molecule has 0 bridgehead atoms. The average Bonchev–Trinajstić information content (AvgIpc) is 2.63. The summed E-state index contributed by atoms with van der Waals surface area (Å²) in [6.07, 6.45) is 1.46. The lowest BCUT2D eigenvalue weighted by molar-refractivity contribution is -0.142. The van der Waals surface area contributed by atoms with Crippen LogP contribution in [0.4, 0.5) is 5.82 Å². The van der Waals surface area contributed by atoms with Crippen molar-refractivity contribution in [3.05, 3.63) is 41.3 Å². The minimum absolute atomic E-state index is 0.0488. The monoisotopic (exact) mass is 366 g/mol. The van der Waals surface area contributed by atoms with Crippen LogP contribution >= 0.6 is 0 Å². The Kier molecular flexibility index (Phi) is 5.21. The van der Waals surface area contributed by atoms with Gasteiger partial charge in [0.25, 0.3) is 0 Å². The molecule has 0 fully saturated rings. The molecule has 2 N–H and O–H groups in total. The Morgan fingerprint density at radius 3 is 2.70 bits per heavy atom. The highest BCUT2D eigenvalue weighted by molar-refractivity contribution is 5.98. The predicted molar refractivity (Wildman–Crippen MR) is 104 cm³/mol. The van der Waals surface area contributed by atoms with Crippen molar-refractivity contribution >= 4 is 22.7 Å². The summed E-state index contributed by atoms with van der Waals surface area (Å²) < 4.78 is 10.5. The quantitative estimate of drug-likeness (QED) is 0.693. The Hall–Kier alpha value is -3.22. The van der Waals surface area contributed by atoms with Gasteiger partial charge in [0.2, 0.25) is 0 Å². The number of hydrogen-bond acceptors (Lipinski definition) is 7. The van der Waals surface area contributed by atoms with Crippen LogP contribution in [0, 0.1) is 13.8 Å². The number of pyridine rings is 1. The van der Waals surface area contributed by atoms with E-state index in [0.29, 0.717) is 34.7 Å². The van der Waals surface area contributed by atoms with Crippen LogP contribution in [0.1, 0.15) is 23.7 Å². The van der Waals surface area contributed by atoms with Gasteiger partial charge in [-0.3, -0.25) is 4.79 Å². The van der Waals surface area contributed by atoms with Crippen LogP contribution in [0.2, 0.25) is 0 Å². The lowest BCUT2D eigenvalue weighted by Crippen LogP contribution is -2.10. The van der Waals surface area contributed by atoms with Crippen LogP contribution in [-0.2, 0) is 16.0 Å². The Morgan fingerprint density at radius 2 is 2.00 bits per heavy atom. The van der Waals surface area contributed by atoms with E-state index in [1.807, 2.05) is 26.0 Å². The van der Waals surface area contributed by atoms with Crippen molar-refractivity contribution in [3.8, 4) is 17.0 Å². The first-order valence-corrected chi connectivity index (χ1v) is 8.66. The molecule has 3 rings (SSSR count). The molecule has 7 nitrogen and oxygen atoms in total. The van der Waals surface area contributed by atoms with Gasteiger partial charge < -0.3 is 15.2 Å². The first-order valence-electron chi connectivity index (χ1n) is 8.66. The Balaban J connectivity index is 2.29. The molecule has 0 aliphatic carbocycles. The van der Waals surface area contributed by atoms with E-state index in [0.717, 1.165) is 22.4 Å². The fourth-order valence-electron chi connectivity index (χ4n) is 3.17. The molecule has 0 saturated heterocycles. The molecular weight excluding hydrogens is 344 g/mol. The maximum Gasteiger partial charge on any atom is 0.311 e. The number of nitrogens with two attached hydrogens (primary N) is 1. The summed E-state index contributed by atoms with van der Waals surface area (Å²) in [4.78, 5) is 25.2. The number of fused-ring (bicyclic) bond motifs is 1. The summed E-state index contributed by atoms with van der Waals surface area (Å²) in [6, 6.07) is 5.63. The van der Waals surface area contributed by atoms with Crippen LogP contribution in [0.5, 0.6) is 5.75 Å². The summed E-state index contributed by atoms with van der Waals surface area (Å²) in [6.45, 7) is 6.06. The van der Waals surface area contributed by atoms with Crippen LogP contribution in [0.25, 0.3) is 22.2 Å². The van der Waals surface area contributed by atoms with Crippen molar-refractivity contribution in [2.75, 3.05) is 19.5 Å². The summed E-state index contributed by atoms with van der Waals surface area (Å²) in [7, 11) is 1.63. The second-order valence-electron chi connectivity index (χ2n) is 6.18. The standard InChI is InChI=1S/C20H22N4O3/c1-5-27-16(25)9-13-8-14-18(22-10-23-20(14)21)19(24-13)17-11(2)6-7-15(26-4)12(17)3/h6-8,10H,5,9H2,1-4H3,(H2,21,22,23). The second kappa shape index (κ2) is 7.57. The molecule has 27 heavy (non-hydrogen) atoms. The SMILES string of the molecule is CCOC(=O)Cc1cc2c(N)ncnc2c(-c2c(C)ccc(OC)c2C)n1. The number of rotatable bonds is 5. The number of ether oxygens (including phenoxy) is 2. The molecule has 0 amide bonds. The maximum atomic E-state index is 12.0. The van der Waals surface area contributed by atoms with Gasteiger partial charge in [0.1, 0.15) is 23.4 Å². The number of aryl methyl sites for hydroxylation is 1. The van der Waals surface area contributed by atoms with Crippen molar-refractivity contribution < 1.29 is 14.3 Å². The smallest absolute Gasteiger partial charge is 0.311 e. The van der Waals surface area contributed by atoms with Crippen LogP contribution < -0.4 is 10.5 Å². The largest absolute Gasteiger partial charge is 0.496 e. The topological polar surface area (TPSA) is 100 Å². The third-order valence-corrected chi connectivity index (χ3v) is 4.42. The van der Waals surface area contributed by atoms with Gasteiger partial charge >= 0.3 is 5.97 Å². The van der Waals surface area contributed by atoms with Gasteiger partial charge in [-0.15, -0.1) is 0 Å². The summed E-state index contributed by atoms with van der Waals surface area (Å²) >= 11 is 0. The van der Waals surface area contributed by atoms with Gasteiger partial charge in [-0.2, -0.15) is 0 Å². The molecule has 0 spiro atoms. The van der Waals surface area contributed by atoms with Crippen LogP contribution in [0.3, 0.4) is 0 Å². The van der Waals surface area contributed by atoms with Crippen LogP contribution in [-0.4, -0.2) is 34.6 Å². The number of methoxy groups -OCH3 is 1. The van der Waals surface area contributed by atoms with Crippen molar-refractivity contribution in [2.45, 2.75) is 27.2 Å². The number of benzene rings is 1. The third-order valence-electron chi connectivity index (χ3n) is 4.42. The van der Waals surface area contributed by atoms with E-state index in [4.69, 9.17) is 20.2 Å². The van der Waals surface area contributed by atoms with Gasteiger partial charge in [0.15, 0.2) is 0 Å². The Labute approximate surface area is 157 Å². The molecule has 0 radical (unpaired) electrons. The highest BCUT2D eigenvalue weighted by atomic mass is 16.5. The molecule has 140 valence electrons. The molecule has 0 unspecified atom stereocenters. The number of nitrogen functional groups attached to an aromatic ring is 1. The first-order chi connectivity index (χ1) is 13.0. The number of anilines is 1. The number of carbonyl (C=O) groups excluding carboxylic acids is 1. The molecular formula is C20H22N4O3. The highest BCUT2D eigenvalue weighted by Gasteiger charge is 2.19. The normalized spacial score (nSPS) is 10.8. The average molecular weight is 366 g/mol. The van der Waals surface area contributed by atoms with E-state index >= 15 is 0 Å². The van der Waals surface area contributed by atoms with Gasteiger partial charge in [-0.1, -0.05) is 6.07 Å². The fraction of sp³-hybridized carbons (Fsp3) is 0.300. The second-order valence-corrected chi connectivity index (χ2v) is 6.18. The fourth-order valence-corrected chi connectivity index (χ4v) is 3.17. The van der Waals surface area contributed by atoms with E-state index in [1.54, 1.807) is 20.1 Å². The van der Waals surface area contributed by atoms with Crippen molar-refractivity contribution in [2.24, 2.45) is 0 Å². The van der Waals surface area contributed by atoms with Gasteiger partial charge in [0, 0.05) is 16.5 Å². The Morgan fingerprint density at radius 1 is 1.22 bits per heavy atom.